The second-order valence-electron chi connectivity index (χ2n) is 6.91. The summed E-state index contributed by atoms with van der Waals surface area (Å²) < 4.78 is 23.3. The van der Waals surface area contributed by atoms with Gasteiger partial charge in [-0.15, -0.1) is 11.3 Å². The van der Waals surface area contributed by atoms with Gasteiger partial charge in [0.2, 0.25) is 15.0 Å². The van der Waals surface area contributed by atoms with Gasteiger partial charge in [-0.2, -0.15) is 0 Å². The zero-order valence-electron chi connectivity index (χ0n) is 15.8. The molecule has 1 aliphatic heterocycles. The molecule has 8 heteroatoms. The molecule has 1 aliphatic rings. The Hall–Kier alpha value is -2.73. The van der Waals surface area contributed by atoms with Gasteiger partial charge in [0.25, 0.3) is 5.56 Å². The molecule has 29 heavy (non-hydrogen) atoms. The lowest BCUT2D eigenvalue weighted by Crippen LogP contribution is -2.35. The van der Waals surface area contributed by atoms with Gasteiger partial charge < -0.3 is 0 Å². The smallest absolute Gasteiger partial charge is 0.256 e. The summed E-state index contributed by atoms with van der Waals surface area (Å²) in [5, 5.41) is -0.255. The molecule has 0 atom stereocenters. The minimum Gasteiger partial charge on any atom is -0.297 e. The van der Waals surface area contributed by atoms with Crippen molar-refractivity contribution in [3.63, 3.8) is 0 Å². The van der Waals surface area contributed by atoms with Crippen LogP contribution in [0.3, 0.4) is 0 Å². The molecule has 2 aromatic heterocycles. The molecule has 0 bridgehead atoms. The number of hydrogen-bond acceptors (Lipinski definition) is 6. The minimum atomic E-state index is -3.54. The highest BCUT2D eigenvalue weighted by Gasteiger charge is 2.23. The Balaban J connectivity index is 1.47. The van der Waals surface area contributed by atoms with Gasteiger partial charge in [0.15, 0.2) is 0 Å². The summed E-state index contributed by atoms with van der Waals surface area (Å²) in [6.07, 6.45) is 1.59. The number of sulfone groups is 1. The van der Waals surface area contributed by atoms with Crippen LogP contribution in [-0.4, -0.2) is 36.1 Å². The zero-order chi connectivity index (χ0) is 20.4. The number of aromatic amines is 1. The van der Waals surface area contributed by atoms with E-state index in [2.05, 4.69) is 32.8 Å². The number of aromatic nitrogens is 2. The van der Waals surface area contributed by atoms with Crippen molar-refractivity contribution in [2.45, 2.75) is 24.7 Å². The fourth-order valence-electron chi connectivity index (χ4n) is 3.17. The molecule has 6 nitrogen and oxygen atoms in total. The molecular formula is C21H19N3O3S2. The predicted molar refractivity (Wildman–Crippen MR) is 113 cm³/mol. The summed E-state index contributed by atoms with van der Waals surface area (Å²) >= 11 is 1.64. The minimum absolute atomic E-state index is 0.255. The number of fused-ring (bicyclic) bond motifs is 1. The highest BCUT2D eigenvalue weighted by molar-refractivity contribution is 7.90. The average molecular weight is 426 g/mol. The molecular weight excluding hydrogens is 406 g/mol. The number of H-pyrrole nitrogens is 1. The van der Waals surface area contributed by atoms with Crippen LogP contribution in [0.2, 0.25) is 0 Å². The van der Waals surface area contributed by atoms with Gasteiger partial charge in [-0.25, -0.2) is 13.4 Å². The van der Waals surface area contributed by atoms with Gasteiger partial charge in [-0.3, -0.25) is 14.7 Å². The van der Waals surface area contributed by atoms with E-state index < -0.39 is 9.84 Å². The summed E-state index contributed by atoms with van der Waals surface area (Å²) in [6.45, 7) is 1.88. The summed E-state index contributed by atoms with van der Waals surface area (Å²) in [5.41, 5.74) is 1.73. The Kier molecular flexibility index (Phi) is 5.37. The first-order valence-electron chi connectivity index (χ1n) is 9.09. The molecule has 0 fully saturated rings. The maximum absolute atomic E-state index is 12.4. The van der Waals surface area contributed by atoms with Crippen LogP contribution in [0.25, 0.3) is 0 Å². The normalized spacial score (nSPS) is 14.1. The van der Waals surface area contributed by atoms with Crippen molar-refractivity contribution < 1.29 is 8.42 Å². The molecule has 3 aromatic rings. The van der Waals surface area contributed by atoms with E-state index >= 15 is 0 Å². The van der Waals surface area contributed by atoms with Crippen LogP contribution in [-0.2, 0) is 29.3 Å². The van der Waals surface area contributed by atoms with E-state index in [0.29, 0.717) is 30.8 Å². The quantitative estimate of drug-likeness (QED) is 0.514. The van der Waals surface area contributed by atoms with Crippen molar-refractivity contribution in [1.29, 1.82) is 0 Å². The third-order valence-electron chi connectivity index (χ3n) is 4.62. The lowest BCUT2D eigenvalue weighted by molar-refractivity contribution is 0.243. The van der Waals surface area contributed by atoms with E-state index in [1.54, 1.807) is 11.3 Å². The molecule has 0 saturated heterocycles. The second kappa shape index (κ2) is 7.95. The lowest BCUT2D eigenvalue weighted by Gasteiger charge is -2.27. The maximum Gasteiger partial charge on any atom is 0.256 e. The first-order chi connectivity index (χ1) is 13.9. The van der Waals surface area contributed by atoms with Crippen molar-refractivity contribution in [2.75, 3.05) is 12.8 Å². The van der Waals surface area contributed by atoms with E-state index in [9.17, 15) is 13.2 Å². The molecule has 4 rings (SSSR count). The molecule has 148 valence electrons. The van der Waals surface area contributed by atoms with E-state index in [0.717, 1.165) is 23.2 Å². The van der Waals surface area contributed by atoms with Gasteiger partial charge >= 0.3 is 0 Å². The molecule has 1 N–H and O–H groups in total. The Morgan fingerprint density at radius 3 is 2.72 bits per heavy atom. The van der Waals surface area contributed by atoms with Crippen molar-refractivity contribution >= 4 is 21.2 Å². The Morgan fingerprint density at radius 1 is 1.17 bits per heavy atom. The molecule has 1 aromatic carbocycles. The Bertz CT molecular complexity index is 1270. The van der Waals surface area contributed by atoms with Crippen LogP contribution in [0.1, 0.15) is 26.6 Å². The fourth-order valence-corrected chi connectivity index (χ4v) is 4.63. The summed E-state index contributed by atoms with van der Waals surface area (Å²) in [7, 11) is -3.54. The SMILES string of the molecule is CS(=O)(=O)c1nc2c(c(=O)[nH]1)CN(Cc1ccc(C#Cc3ccccc3)s1)CC2. The molecule has 0 unspecified atom stereocenters. The van der Waals surface area contributed by atoms with E-state index in [1.165, 1.54) is 4.88 Å². The zero-order valence-corrected chi connectivity index (χ0v) is 17.4. The van der Waals surface area contributed by atoms with Crippen LogP contribution in [0.15, 0.2) is 52.4 Å². The third kappa shape index (κ3) is 4.65. The highest BCUT2D eigenvalue weighted by Crippen LogP contribution is 2.21. The molecule has 0 aliphatic carbocycles. The molecule has 0 radical (unpaired) electrons. The van der Waals surface area contributed by atoms with Gasteiger partial charge in [0.05, 0.1) is 16.1 Å². The van der Waals surface area contributed by atoms with E-state index in [4.69, 9.17) is 0 Å². The number of nitrogens with one attached hydrogen (secondary N) is 1. The molecule has 0 saturated carbocycles. The van der Waals surface area contributed by atoms with E-state index in [1.807, 2.05) is 36.4 Å². The Labute approximate surface area is 173 Å². The van der Waals surface area contributed by atoms with Crippen LogP contribution in [0.4, 0.5) is 0 Å². The number of benzene rings is 1. The monoisotopic (exact) mass is 425 g/mol. The average Bonchev–Trinajstić information content (AvgIpc) is 3.14. The van der Waals surface area contributed by atoms with Crippen LogP contribution in [0.5, 0.6) is 0 Å². The largest absolute Gasteiger partial charge is 0.297 e. The standard InChI is InChI=1S/C21H19N3O3S2/c1-29(26,27)21-22-19-11-12-24(14-18(19)20(25)23-21)13-17-10-9-16(28-17)8-7-15-5-3-2-4-6-15/h2-6,9-10H,11-14H2,1H3,(H,22,23,25). The van der Waals surface area contributed by atoms with Crippen LogP contribution < -0.4 is 5.56 Å². The predicted octanol–water partition coefficient (Wildman–Crippen LogP) is 2.19. The number of thiophene rings is 1. The Morgan fingerprint density at radius 2 is 1.97 bits per heavy atom. The van der Waals surface area contributed by atoms with Crippen LogP contribution in [0, 0.1) is 11.8 Å². The third-order valence-corrected chi connectivity index (χ3v) is 6.50. The van der Waals surface area contributed by atoms with Gasteiger partial charge in [0.1, 0.15) is 0 Å². The van der Waals surface area contributed by atoms with Crippen molar-refractivity contribution in [1.82, 2.24) is 14.9 Å². The topological polar surface area (TPSA) is 83.1 Å². The number of hydrogen-bond donors (Lipinski definition) is 1. The molecule has 3 heterocycles. The van der Waals surface area contributed by atoms with Crippen LogP contribution >= 0.6 is 11.3 Å². The van der Waals surface area contributed by atoms with Crippen molar-refractivity contribution in [2.24, 2.45) is 0 Å². The maximum atomic E-state index is 12.4. The second-order valence-corrected chi connectivity index (χ2v) is 10.0. The molecule has 0 spiro atoms. The number of rotatable bonds is 3. The molecule has 0 amide bonds. The van der Waals surface area contributed by atoms with Crippen molar-refractivity contribution in [3.05, 3.63) is 79.4 Å². The summed E-state index contributed by atoms with van der Waals surface area (Å²) in [4.78, 5) is 23.2. The summed E-state index contributed by atoms with van der Waals surface area (Å²) in [6, 6.07) is 13.9. The van der Waals surface area contributed by atoms with E-state index in [-0.39, 0.29) is 10.7 Å². The lowest BCUT2D eigenvalue weighted by atomic mass is 10.1. The first kappa shape index (κ1) is 19.6. The number of nitrogens with zero attached hydrogens (tertiary/aromatic N) is 2. The van der Waals surface area contributed by atoms with Gasteiger partial charge in [-0.1, -0.05) is 30.0 Å². The van der Waals surface area contributed by atoms with Crippen molar-refractivity contribution in [3.8, 4) is 11.8 Å². The first-order valence-corrected chi connectivity index (χ1v) is 11.8. The fraction of sp³-hybridized carbons (Fsp3) is 0.238. The van der Waals surface area contributed by atoms with Gasteiger partial charge in [-0.05, 0) is 24.3 Å². The highest BCUT2D eigenvalue weighted by atomic mass is 32.2. The summed E-state index contributed by atoms with van der Waals surface area (Å²) in [5.74, 6) is 6.35. The van der Waals surface area contributed by atoms with Gasteiger partial charge in [0, 0.05) is 42.8 Å².